The van der Waals surface area contributed by atoms with Crippen molar-refractivity contribution in [2.75, 3.05) is 61.5 Å². The molecular formula is C23H38N8O. The number of piperazine rings is 1. The van der Waals surface area contributed by atoms with Gasteiger partial charge in [-0.2, -0.15) is 4.98 Å². The highest BCUT2D eigenvalue weighted by atomic mass is 16.5. The Morgan fingerprint density at radius 3 is 2.66 bits per heavy atom. The van der Waals surface area contributed by atoms with Crippen molar-refractivity contribution in [1.29, 1.82) is 0 Å². The van der Waals surface area contributed by atoms with Crippen molar-refractivity contribution in [3.05, 3.63) is 29.5 Å². The number of anilines is 4. The molecule has 1 aromatic carbocycles. The number of methoxy groups -OCH3 is 1. The van der Waals surface area contributed by atoms with Crippen molar-refractivity contribution >= 4 is 29.4 Å². The summed E-state index contributed by atoms with van der Waals surface area (Å²) in [7, 11) is 1.68. The number of unbranched alkanes of at least 4 members (excludes halogenated alkanes) is 1. The Morgan fingerprint density at radius 2 is 1.97 bits per heavy atom. The number of nitrogen functional groups attached to an aromatic ring is 2. The van der Waals surface area contributed by atoms with E-state index in [1.54, 1.807) is 13.3 Å². The molecule has 0 bridgehead atoms. The Hall–Kier alpha value is -3.07. The van der Waals surface area contributed by atoms with Gasteiger partial charge in [0.2, 0.25) is 5.95 Å². The molecule has 0 amide bonds. The van der Waals surface area contributed by atoms with Gasteiger partial charge in [-0.3, -0.25) is 4.99 Å². The number of rotatable bonds is 9. The molecule has 1 aliphatic rings. The standard InChI is InChI=1S/C21H32N8O.C2H6/c1-3-4-7-26-20-19(22)17(27-21(23)28-20)14-25-13-15-5-6-16(12-18(15)30-2)29-10-8-24-9-11-29;1-2/h5-6,12,14,24H,3-4,7-11,13,22H2,1-2H3,(H3,23,26,27,28);1-2H3. The molecule has 176 valence electrons. The van der Waals surface area contributed by atoms with E-state index >= 15 is 0 Å². The summed E-state index contributed by atoms with van der Waals surface area (Å²) < 4.78 is 5.60. The molecule has 6 N–H and O–H groups in total. The maximum Gasteiger partial charge on any atom is 0.222 e. The predicted octanol–water partition coefficient (Wildman–Crippen LogP) is 2.92. The van der Waals surface area contributed by atoms with Crippen LogP contribution in [0, 0.1) is 0 Å². The van der Waals surface area contributed by atoms with Gasteiger partial charge in [0.1, 0.15) is 17.1 Å². The molecule has 32 heavy (non-hydrogen) atoms. The Balaban J connectivity index is 0.00000176. The van der Waals surface area contributed by atoms with Crippen molar-refractivity contribution < 1.29 is 4.74 Å². The van der Waals surface area contributed by atoms with Gasteiger partial charge < -0.3 is 31.7 Å². The summed E-state index contributed by atoms with van der Waals surface area (Å²) in [4.78, 5) is 15.3. The molecule has 9 heteroatoms. The summed E-state index contributed by atoms with van der Waals surface area (Å²) in [5, 5.41) is 6.58. The fourth-order valence-electron chi connectivity index (χ4n) is 3.34. The first kappa shape index (κ1) is 25.2. The molecule has 0 unspecified atom stereocenters. The van der Waals surface area contributed by atoms with Gasteiger partial charge in [-0.05, 0) is 12.5 Å². The van der Waals surface area contributed by atoms with Crippen LogP contribution in [0.1, 0.15) is 44.9 Å². The maximum atomic E-state index is 6.20. The molecule has 9 nitrogen and oxygen atoms in total. The third-order valence-corrected chi connectivity index (χ3v) is 5.04. The smallest absolute Gasteiger partial charge is 0.222 e. The molecule has 2 aromatic rings. The van der Waals surface area contributed by atoms with Gasteiger partial charge in [-0.15, -0.1) is 0 Å². The second-order valence-electron chi connectivity index (χ2n) is 7.21. The average molecular weight is 443 g/mol. The van der Waals surface area contributed by atoms with Crippen molar-refractivity contribution in [3.8, 4) is 5.75 Å². The van der Waals surface area contributed by atoms with Crippen LogP contribution < -0.4 is 31.7 Å². The molecular weight excluding hydrogens is 404 g/mol. The summed E-state index contributed by atoms with van der Waals surface area (Å²) in [5.74, 6) is 1.54. The minimum absolute atomic E-state index is 0.169. The van der Waals surface area contributed by atoms with E-state index in [0.717, 1.165) is 62.6 Å². The van der Waals surface area contributed by atoms with Gasteiger partial charge in [0, 0.05) is 56.3 Å². The van der Waals surface area contributed by atoms with Gasteiger partial charge >= 0.3 is 0 Å². The lowest BCUT2D eigenvalue weighted by atomic mass is 10.1. The van der Waals surface area contributed by atoms with Crippen LogP contribution in [0.25, 0.3) is 0 Å². The van der Waals surface area contributed by atoms with E-state index in [4.69, 9.17) is 16.2 Å². The van der Waals surface area contributed by atoms with Gasteiger partial charge in [0.05, 0.1) is 13.7 Å². The van der Waals surface area contributed by atoms with Crippen LogP contribution in [0.2, 0.25) is 0 Å². The van der Waals surface area contributed by atoms with E-state index in [9.17, 15) is 0 Å². The van der Waals surface area contributed by atoms with Crippen LogP contribution in [0.3, 0.4) is 0 Å². The van der Waals surface area contributed by atoms with Crippen molar-refractivity contribution in [1.82, 2.24) is 15.3 Å². The lowest BCUT2D eigenvalue weighted by Crippen LogP contribution is -2.43. The Bertz CT molecular complexity index is 865. The van der Waals surface area contributed by atoms with Crippen molar-refractivity contribution in [2.45, 2.75) is 40.2 Å². The Morgan fingerprint density at radius 1 is 1.22 bits per heavy atom. The van der Waals surface area contributed by atoms with E-state index in [1.165, 1.54) is 0 Å². The van der Waals surface area contributed by atoms with Crippen LogP contribution in [0.15, 0.2) is 23.2 Å². The molecule has 3 rings (SSSR count). The van der Waals surface area contributed by atoms with Gasteiger partial charge in [-0.1, -0.05) is 33.3 Å². The fourth-order valence-corrected chi connectivity index (χ4v) is 3.34. The Kier molecular flexibility index (Phi) is 10.5. The minimum atomic E-state index is 0.169. The summed E-state index contributed by atoms with van der Waals surface area (Å²) in [6.45, 7) is 11.3. The van der Waals surface area contributed by atoms with Crippen molar-refractivity contribution in [3.63, 3.8) is 0 Å². The number of benzene rings is 1. The molecule has 1 aliphatic heterocycles. The summed E-state index contributed by atoms with van der Waals surface area (Å²) in [6.07, 6.45) is 3.75. The lowest BCUT2D eigenvalue weighted by molar-refractivity contribution is 0.409. The number of aliphatic imine (C=N–C) groups is 1. The van der Waals surface area contributed by atoms with Crippen LogP contribution in [-0.4, -0.2) is 56.0 Å². The average Bonchev–Trinajstić information content (AvgIpc) is 2.83. The topological polar surface area (TPSA) is 127 Å². The number of nitrogens with two attached hydrogens (primary N) is 2. The zero-order valence-corrected chi connectivity index (χ0v) is 19.8. The minimum Gasteiger partial charge on any atom is -0.496 e. The number of hydrogen-bond donors (Lipinski definition) is 4. The summed E-state index contributed by atoms with van der Waals surface area (Å²) in [5.41, 5.74) is 15.2. The van der Waals surface area contributed by atoms with Crippen molar-refractivity contribution in [2.24, 2.45) is 4.99 Å². The monoisotopic (exact) mass is 442 g/mol. The molecule has 0 spiro atoms. The highest BCUT2D eigenvalue weighted by molar-refractivity contribution is 5.88. The molecule has 0 radical (unpaired) electrons. The van der Waals surface area contributed by atoms with Crippen LogP contribution in [0.5, 0.6) is 5.75 Å². The lowest BCUT2D eigenvalue weighted by Gasteiger charge is -2.29. The quantitative estimate of drug-likeness (QED) is 0.345. The van der Waals surface area contributed by atoms with E-state index < -0.39 is 0 Å². The normalized spacial score (nSPS) is 13.6. The fraction of sp³-hybridized carbons (Fsp3) is 0.522. The highest BCUT2D eigenvalue weighted by Crippen LogP contribution is 2.27. The van der Waals surface area contributed by atoms with E-state index in [-0.39, 0.29) is 5.95 Å². The molecule has 0 saturated carbocycles. The third kappa shape index (κ3) is 6.98. The highest BCUT2D eigenvalue weighted by Gasteiger charge is 2.13. The molecule has 0 atom stereocenters. The van der Waals surface area contributed by atoms with Gasteiger partial charge in [0.15, 0.2) is 5.82 Å². The number of nitrogens with one attached hydrogen (secondary N) is 2. The first-order valence-corrected chi connectivity index (χ1v) is 11.4. The van der Waals surface area contributed by atoms with Crippen LogP contribution in [0.4, 0.5) is 23.1 Å². The Labute approximate surface area is 191 Å². The van der Waals surface area contributed by atoms with E-state index in [2.05, 4.69) is 55.6 Å². The van der Waals surface area contributed by atoms with Gasteiger partial charge in [0.25, 0.3) is 0 Å². The van der Waals surface area contributed by atoms with Crippen LogP contribution >= 0.6 is 0 Å². The number of ether oxygens (including phenoxy) is 1. The van der Waals surface area contributed by atoms with E-state index in [0.29, 0.717) is 23.7 Å². The molecule has 1 aromatic heterocycles. The zero-order chi connectivity index (χ0) is 23.3. The summed E-state index contributed by atoms with van der Waals surface area (Å²) in [6, 6.07) is 6.25. The largest absolute Gasteiger partial charge is 0.496 e. The molecule has 0 aliphatic carbocycles. The second-order valence-corrected chi connectivity index (χ2v) is 7.21. The SMILES string of the molecule is CC.CCCCNc1nc(N)nc(C=NCc2ccc(N3CCNCC3)cc2OC)c1N. The van der Waals surface area contributed by atoms with E-state index in [1.807, 2.05) is 13.8 Å². The number of aromatic nitrogens is 2. The first-order chi connectivity index (χ1) is 15.6. The second kappa shape index (κ2) is 13.4. The summed E-state index contributed by atoms with van der Waals surface area (Å²) >= 11 is 0. The first-order valence-electron chi connectivity index (χ1n) is 11.4. The number of nitrogens with zero attached hydrogens (tertiary/aromatic N) is 4. The predicted molar refractivity (Wildman–Crippen MR) is 135 cm³/mol. The van der Waals surface area contributed by atoms with Gasteiger partial charge in [-0.25, -0.2) is 4.98 Å². The molecule has 1 saturated heterocycles. The number of hydrogen-bond acceptors (Lipinski definition) is 9. The zero-order valence-electron chi connectivity index (χ0n) is 19.8. The third-order valence-electron chi connectivity index (χ3n) is 5.04. The maximum absolute atomic E-state index is 6.20. The molecule has 1 fully saturated rings. The molecule has 2 heterocycles. The van der Waals surface area contributed by atoms with Crippen LogP contribution in [-0.2, 0) is 6.54 Å².